The summed E-state index contributed by atoms with van der Waals surface area (Å²) in [5.74, 6) is 0.553. The van der Waals surface area contributed by atoms with Gasteiger partial charge in [0.2, 0.25) is 0 Å². The van der Waals surface area contributed by atoms with Crippen LogP contribution in [0.2, 0.25) is 0 Å². The van der Waals surface area contributed by atoms with Crippen molar-refractivity contribution in [1.82, 2.24) is 4.98 Å². The Morgan fingerprint density at radius 3 is 2.67 bits per heavy atom. The number of hydrogen-bond donors (Lipinski definition) is 2. The van der Waals surface area contributed by atoms with Gasteiger partial charge in [0.15, 0.2) is 11.6 Å². The van der Waals surface area contributed by atoms with Crippen molar-refractivity contribution in [1.29, 1.82) is 0 Å². The second-order valence-corrected chi connectivity index (χ2v) is 5.53. The highest BCUT2D eigenvalue weighted by Gasteiger charge is 2.21. The number of aromatic nitrogens is 1. The number of halogens is 1. The monoisotopic (exact) mass is 332 g/mol. The molecule has 0 spiro atoms. The van der Waals surface area contributed by atoms with Crippen molar-refractivity contribution in [3.05, 3.63) is 41.8 Å². The van der Waals surface area contributed by atoms with Gasteiger partial charge in [-0.25, -0.2) is 9.37 Å². The van der Waals surface area contributed by atoms with Gasteiger partial charge in [0.1, 0.15) is 11.4 Å². The molecule has 0 radical (unpaired) electrons. The van der Waals surface area contributed by atoms with Crippen LogP contribution in [0, 0.1) is 5.82 Å². The molecule has 0 aliphatic carbocycles. The molecule has 2 heterocycles. The average Bonchev–Trinajstić information content (AvgIpc) is 2.62. The van der Waals surface area contributed by atoms with Crippen molar-refractivity contribution in [3.63, 3.8) is 0 Å². The van der Waals surface area contributed by atoms with Crippen LogP contribution in [0.25, 0.3) is 0 Å². The third-order valence-corrected chi connectivity index (χ3v) is 3.97. The lowest BCUT2D eigenvalue weighted by molar-refractivity contribution is 0.122. The molecule has 7 heteroatoms. The van der Waals surface area contributed by atoms with Gasteiger partial charge in [0.05, 0.1) is 32.2 Å². The summed E-state index contributed by atoms with van der Waals surface area (Å²) in [6.07, 6.45) is 1.49. The molecule has 128 valence electrons. The molecular weight excluding hydrogens is 311 g/mol. The third-order valence-electron chi connectivity index (χ3n) is 3.97. The van der Waals surface area contributed by atoms with Crippen LogP contribution in [0.4, 0.5) is 21.6 Å². The minimum Gasteiger partial charge on any atom is -0.497 e. The second-order valence-electron chi connectivity index (χ2n) is 5.53. The zero-order chi connectivity index (χ0) is 16.9. The first-order valence-electron chi connectivity index (χ1n) is 7.82. The van der Waals surface area contributed by atoms with E-state index in [2.05, 4.69) is 10.3 Å². The number of nitrogen functional groups attached to an aromatic ring is 1. The maximum absolute atomic E-state index is 14.8. The first kappa shape index (κ1) is 16.3. The number of anilines is 3. The lowest BCUT2D eigenvalue weighted by Crippen LogP contribution is -2.37. The molecule has 1 aliphatic heterocycles. The Balaban J connectivity index is 1.75. The fourth-order valence-electron chi connectivity index (χ4n) is 2.65. The van der Waals surface area contributed by atoms with E-state index in [-0.39, 0.29) is 5.82 Å². The van der Waals surface area contributed by atoms with Gasteiger partial charge in [0, 0.05) is 19.6 Å². The summed E-state index contributed by atoms with van der Waals surface area (Å²) in [4.78, 5) is 5.99. The summed E-state index contributed by atoms with van der Waals surface area (Å²) in [6.45, 7) is 2.82. The van der Waals surface area contributed by atoms with Gasteiger partial charge in [0.25, 0.3) is 0 Å². The average molecular weight is 332 g/mol. The Morgan fingerprint density at radius 1 is 1.29 bits per heavy atom. The largest absolute Gasteiger partial charge is 0.497 e. The molecular formula is C17H21FN4O2. The number of methoxy groups -OCH3 is 1. The number of morpholine rings is 1. The van der Waals surface area contributed by atoms with Crippen LogP contribution in [0.5, 0.6) is 5.75 Å². The SMILES string of the molecule is COc1ccc(CNc2ncc(N)c(N3CCOCC3)c2F)cc1. The van der Waals surface area contributed by atoms with Crippen molar-refractivity contribution >= 4 is 17.2 Å². The molecule has 1 saturated heterocycles. The minimum absolute atomic E-state index is 0.196. The van der Waals surface area contributed by atoms with Gasteiger partial charge in [-0.05, 0) is 17.7 Å². The number of nitrogens with two attached hydrogens (primary N) is 1. The summed E-state index contributed by atoms with van der Waals surface area (Å²) in [7, 11) is 1.62. The predicted octanol–water partition coefficient (Wildman–Crippen LogP) is 2.26. The minimum atomic E-state index is -0.426. The molecule has 1 aromatic carbocycles. The van der Waals surface area contributed by atoms with E-state index < -0.39 is 5.82 Å². The Kier molecular flexibility index (Phi) is 5.00. The highest BCUT2D eigenvalue weighted by Crippen LogP contribution is 2.31. The van der Waals surface area contributed by atoms with Crippen molar-refractivity contribution in [2.24, 2.45) is 0 Å². The molecule has 6 nitrogen and oxygen atoms in total. The van der Waals surface area contributed by atoms with Gasteiger partial charge < -0.3 is 25.4 Å². The number of ether oxygens (including phenoxy) is 2. The van der Waals surface area contributed by atoms with E-state index in [1.165, 1.54) is 6.20 Å². The molecule has 1 aliphatic rings. The van der Waals surface area contributed by atoms with Gasteiger partial charge in [-0.15, -0.1) is 0 Å². The fourth-order valence-corrected chi connectivity index (χ4v) is 2.65. The fraction of sp³-hybridized carbons (Fsp3) is 0.353. The normalized spacial score (nSPS) is 14.5. The van der Waals surface area contributed by atoms with Crippen molar-refractivity contribution in [3.8, 4) is 5.75 Å². The Bertz CT molecular complexity index is 688. The summed E-state index contributed by atoms with van der Waals surface area (Å²) in [6, 6.07) is 7.57. The summed E-state index contributed by atoms with van der Waals surface area (Å²) < 4.78 is 25.3. The maximum atomic E-state index is 14.8. The quantitative estimate of drug-likeness (QED) is 0.875. The van der Waals surface area contributed by atoms with E-state index in [1.54, 1.807) is 7.11 Å². The van der Waals surface area contributed by atoms with Crippen LogP contribution in [-0.2, 0) is 11.3 Å². The molecule has 0 bridgehead atoms. The lowest BCUT2D eigenvalue weighted by atomic mass is 10.2. The highest BCUT2D eigenvalue weighted by atomic mass is 19.1. The van der Waals surface area contributed by atoms with E-state index in [9.17, 15) is 4.39 Å². The van der Waals surface area contributed by atoms with Gasteiger partial charge in [-0.1, -0.05) is 12.1 Å². The van der Waals surface area contributed by atoms with Crippen LogP contribution >= 0.6 is 0 Å². The lowest BCUT2D eigenvalue weighted by Gasteiger charge is -2.30. The number of nitrogens with zero attached hydrogens (tertiary/aromatic N) is 2. The van der Waals surface area contributed by atoms with Gasteiger partial charge in [-0.2, -0.15) is 0 Å². The Hall–Kier alpha value is -2.54. The Labute approximate surface area is 140 Å². The zero-order valence-electron chi connectivity index (χ0n) is 13.6. The van der Waals surface area contributed by atoms with Gasteiger partial charge in [-0.3, -0.25) is 0 Å². The van der Waals surface area contributed by atoms with Crippen LogP contribution < -0.4 is 20.7 Å². The molecule has 0 saturated carbocycles. The van der Waals surface area contributed by atoms with E-state index in [1.807, 2.05) is 29.2 Å². The Morgan fingerprint density at radius 2 is 2.00 bits per heavy atom. The third kappa shape index (κ3) is 3.51. The van der Waals surface area contributed by atoms with Crippen LogP contribution in [0.15, 0.2) is 30.5 Å². The van der Waals surface area contributed by atoms with Crippen molar-refractivity contribution in [2.75, 3.05) is 49.4 Å². The molecule has 3 rings (SSSR count). The van der Waals surface area contributed by atoms with Crippen molar-refractivity contribution < 1.29 is 13.9 Å². The van der Waals surface area contributed by atoms with E-state index >= 15 is 0 Å². The highest BCUT2D eigenvalue weighted by molar-refractivity contribution is 5.71. The van der Waals surface area contributed by atoms with Crippen molar-refractivity contribution in [2.45, 2.75) is 6.54 Å². The second kappa shape index (κ2) is 7.35. The smallest absolute Gasteiger partial charge is 0.190 e. The standard InChI is InChI=1S/C17H21FN4O2/c1-23-13-4-2-12(3-5-13)10-20-17-15(18)16(14(19)11-21-17)22-6-8-24-9-7-22/h2-5,11H,6-10,19H2,1H3,(H,20,21). The number of hydrogen-bond acceptors (Lipinski definition) is 6. The molecule has 1 aromatic heterocycles. The first-order valence-corrected chi connectivity index (χ1v) is 7.82. The molecule has 3 N–H and O–H groups in total. The van der Waals surface area contributed by atoms with Crippen LogP contribution in [-0.4, -0.2) is 38.4 Å². The predicted molar refractivity (Wildman–Crippen MR) is 92.0 cm³/mol. The summed E-state index contributed by atoms with van der Waals surface area (Å²) in [5, 5.41) is 3.03. The topological polar surface area (TPSA) is 72.6 Å². The number of pyridine rings is 1. The van der Waals surface area contributed by atoms with Gasteiger partial charge >= 0.3 is 0 Å². The van der Waals surface area contributed by atoms with E-state index in [0.29, 0.717) is 44.2 Å². The van der Waals surface area contributed by atoms with Crippen LogP contribution in [0.3, 0.4) is 0 Å². The zero-order valence-corrected chi connectivity index (χ0v) is 13.6. The number of benzene rings is 1. The number of rotatable bonds is 5. The molecule has 2 aromatic rings. The maximum Gasteiger partial charge on any atom is 0.190 e. The molecule has 24 heavy (non-hydrogen) atoms. The summed E-state index contributed by atoms with van der Waals surface area (Å²) >= 11 is 0. The number of nitrogens with one attached hydrogen (secondary N) is 1. The molecule has 1 fully saturated rings. The van der Waals surface area contributed by atoms with E-state index in [0.717, 1.165) is 11.3 Å². The molecule has 0 atom stereocenters. The first-order chi connectivity index (χ1) is 11.7. The molecule has 0 amide bonds. The molecule has 0 unspecified atom stereocenters. The summed E-state index contributed by atoms with van der Waals surface area (Å²) in [5.41, 5.74) is 7.67. The van der Waals surface area contributed by atoms with Crippen LogP contribution in [0.1, 0.15) is 5.56 Å². The van der Waals surface area contributed by atoms with E-state index in [4.69, 9.17) is 15.2 Å².